The minimum absolute atomic E-state index is 0.304. The number of anilines is 3. The molecule has 12 heteroatoms. The van der Waals surface area contributed by atoms with E-state index in [0.717, 1.165) is 16.3 Å². The summed E-state index contributed by atoms with van der Waals surface area (Å²) >= 11 is 0. The van der Waals surface area contributed by atoms with Crippen LogP contribution >= 0.6 is 0 Å². The lowest BCUT2D eigenvalue weighted by Crippen LogP contribution is -2.35. The van der Waals surface area contributed by atoms with Crippen LogP contribution in [0.2, 0.25) is 0 Å². The molecule has 2 heterocycles. The Bertz CT molecular complexity index is 1820. The molecule has 0 unspecified atom stereocenters. The van der Waals surface area contributed by atoms with Gasteiger partial charge in [-0.3, -0.25) is 9.10 Å². The van der Waals surface area contributed by atoms with Crippen LogP contribution in [0.4, 0.5) is 17.1 Å². The molecule has 0 bridgehead atoms. The molecule has 1 aliphatic heterocycles. The average molecular weight is 587 g/mol. The van der Waals surface area contributed by atoms with Gasteiger partial charge in [-0.1, -0.05) is 18.2 Å². The quantitative estimate of drug-likeness (QED) is 0.223. The second-order valence-electron chi connectivity index (χ2n) is 10.1. The molecule has 216 valence electrons. The van der Waals surface area contributed by atoms with Crippen molar-refractivity contribution >= 4 is 61.0 Å². The molecule has 2 N–H and O–H groups in total. The minimum atomic E-state index is -3.50. The molecule has 5 rings (SSSR count). The standard InChI is InChI=1S/C30H30N6O5S/c1-35(2)13-14-36(42(4,39)40)24-10-8-23(9-11-24)33-28(19-5-6-21-17-31-32-18-22(21)15-19)27-25-12-7-20(30(38)41-3)16-26(25)34-29(27)37/h5-12,15-18,33H,13-14H2,1-4H3,(H,34,37)/b28-27-. The molecule has 3 aromatic carbocycles. The fourth-order valence-electron chi connectivity index (χ4n) is 4.73. The highest BCUT2D eigenvalue weighted by Crippen LogP contribution is 2.39. The van der Waals surface area contributed by atoms with E-state index < -0.39 is 16.0 Å². The smallest absolute Gasteiger partial charge is 0.337 e. The molecule has 0 fully saturated rings. The number of amides is 1. The summed E-state index contributed by atoms with van der Waals surface area (Å²) in [5.41, 5.74) is 4.22. The third-order valence-corrected chi connectivity index (χ3v) is 8.04. The highest BCUT2D eigenvalue weighted by Gasteiger charge is 2.29. The summed E-state index contributed by atoms with van der Waals surface area (Å²) in [4.78, 5) is 27.4. The molecule has 42 heavy (non-hydrogen) atoms. The third-order valence-electron chi connectivity index (χ3n) is 6.85. The highest BCUT2D eigenvalue weighted by molar-refractivity contribution is 7.92. The number of methoxy groups -OCH3 is 1. The minimum Gasteiger partial charge on any atom is -0.465 e. The van der Waals surface area contributed by atoms with Crippen LogP contribution in [0.1, 0.15) is 21.5 Å². The summed E-state index contributed by atoms with van der Waals surface area (Å²) in [5, 5.41) is 15.9. The normalized spacial score (nSPS) is 14.0. The largest absolute Gasteiger partial charge is 0.465 e. The zero-order chi connectivity index (χ0) is 30.0. The van der Waals surface area contributed by atoms with Gasteiger partial charge in [0.25, 0.3) is 5.91 Å². The topological polar surface area (TPSA) is 134 Å². The van der Waals surface area contributed by atoms with Crippen LogP contribution in [-0.2, 0) is 19.6 Å². The number of fused-ring (bicyclic) bond motifs is 2. The molecule has 0 radical (unpaired) electrons. The lowest BCUT2D eigenvalue weighted by Gasteiger charge is -2.24. The number of aromatic nitrogens is 2. The number of esters is 1. The van der Waals surface area contributed by atoms with Gasteiger partial charge in [0.1, 0.15) is 0 Å². The molecule has 11 nitrogen and oxygen atoms in total. The molecule has 4 aromatic rings. The third kappa shape index (κ3) is 5.94. The van der Waals surface area contributed by atoms with Gasteiger partial charge in [-0.2, -0.15) is 10.2 Å². The molecule has 1 aromatic heterocycles. The lowest BCUT2D eigenvalue weighted by molar-refractivity contribution is -0.110. The summed E-state index contributed by atoms with van der Waals surface area (Å²) in [6.45, 7) is 0.861. The number of carbonyl (C=O) groups excluding carboxylic acids is 2. The van der Waals surface area contributed by atoms with E-state index in [9.17, 15) is 18.0 Å². The first kappa shape index (κ1) is 28.7. The molecule has 1 amide bonds. The van der Waals surface area contributed by atoms with Crippen molar-refractivity contribution in [1.82, 2.24) is 15.1 Å². The van der Waals surface area contributed by atoms with E-state index in [2.05, 4.69) is 20.8 Å². The number of benzene rings is 3. The van der Waals surface area contributed by atoms with Crippen molar-refractivity contribution in [2.24, 2.45) is 0 Å². The van der Waals surface area contributed by atoms with Crippen LogP contribution in [0.15, 0.2) is 73.1 Å². The van der Waals surface area contributed by atoms with Gasteiger partial charge in [0.2, 0.25) is 10.0 Å². The predicted molar refractivity (Wildman–Crippen MR) is 164 cm³/mol. The second kappa shape index (κ2) is 11.6. The lowest BCUT2D eigenvalue weighted by atomic mass is 9.98. The van der Waals surface area contributed by atoms with Crippen molar-refractivity contribution in [3.8, 4) is 0 Å². The fourth-order valence-corrected chi connectivity index (χ4v) is 5.65. The first-order valence-corrected chi connectivity index (χ1v) is 14.9. The van der Waals surface area contributed by atoms with Crippen molar-refractivity contribution in [3.63, 3.8) is 0 Å². The van der Waals surface area contributed by atoms with E-state index in [1.165, 1.54) is 17.7 Å². The Kier molecular flexibility index (Phi) is 7.92. The number of hydrogen-bond donors (Lipinski definition) is 2. The van der Waals surface area contributed by atoms with Crippen LogP contribution in [-0.4, -0.2) is 75.9 Å². The van der Waals surface area contributed by atoms with Gasteiger partial charge < -0.3 is 20.3 Å². The molecular formula is C30H30N6O5S. The fraction of sp³-hybridized carbons (Fsp3) is 0.200. The van der Waals surface area contributed by atoms with E-state index in [-0.39, 0.29) is 5.91 Å². The number of nitrogens with zero attached hydrogens (tertiary/aromatic N) is 4. The van der Waals surface area contributed by atoms with Gasteiger partial charge in [0.05, 0.1) is 54.0 Å². The van der Waals surface area contributed by atoms with Crippen molar-refractivity contribution < 1.29 is 22.7 Å². The van der Waals surface area contributed by atoms with Crippen molar-refractivity contribution in [2.45, 2.75) is 0 Å². The molecule has 0 spiro atoms. The van der Waals surface area contributed by atoms with E-state index in [1.807, 2.05) is 37.2 Å². The van der Waals surface area contributed by atoms with Crippen molar-refractivity contribution in [3.05, 3.63) is 89.7 Å². The number of carbonyl (C=O) groups is 2. The van der Waals surface area contributed by atoms with Crippen molar-refractivity contribution in [2.75, 3.05) is 55.5 Å². The van der Waals surface area contributed by atoms with Gasteiger partial charge in [-0.25, -0.2) is 13.2 Å². The average Bonchev–Trinajstić information content (AvgIpc) is 3.29. The number of sulfonamides is 1. The van der Waals surface area contributed by atoms with Gasteiger partial charge in [-0.15, -0.1) is 0 Å². The summed E-state index contributed by atoms with van der Waals surface area (Å²) in [5.74, 6) is -0.849. The van der Waals surface area contributed by atoms with Crippen LogP contribution in [0.3, 0.4) is 0 Å². The Morgan fingerprint density at radius 2 is 1.62 bits per heavy atom. The number of ether oxygens (including phenoxy) is 1. The molecule has 0 saturated heterocycles. The van der Waals surface area contributed by atoms with Gasteiger partial charge in [-0.05, 0) is 62.1 Å². The number of likely N-dealkylation sites (N-methyl/N-ethyl adjacent to an activating group) is 1. The van der Waals surface area contributed by atoms with Gasteiger partial charge in [0, 0.05) is 35.1 Å². The Hall–Kier alpha value is -4.81. The second-order valence-corrected chi connectivity index (χ2v) is 12.0. The van der Waals surface area contributed by atoms with Crippen LogP contribution in [0, 0.1) is 0 Å². The van der Waals surface area contributed by atoms with Gasteiger partial charge in [0.15, 0.2) is 0 Å². The first-order chi connectivity index (χ1) is 20.0. The van der Waals surface area contributed by atoms with E-state index in [0.29, 0.717) is 52.5 Å². The zero-order valence-electron chi connectivity index (χ0n) is 23.6. The SMILES string of the molecule is COC(=O)c1ccc2c(c1)NC(=O)/C2=C(\Nc1ccc(N(CCN(C)C)S(C)(=O)=O)cc1)c1ccc2cnncc2c1. The van der Waals surface area contributed by atoms with E-state index in [4.69, 9.17) is 4.74 Å². The molecule has 0 atom stereocenters. The van der Waals surface area contributed by atoms with E-state index in [1.54, 1.807) is 54.9 Å². The molecule has 1 aliphatic rings. The molecular weight excluding hydrogens is 556 g/mol. The summed E-state index contributed by atoms with van der Waals surface area (Å²) in [7, 11) is 1.57. The van der Waals surface area contributed by atoms with Gasteiger partial charge >= 0.3 is 5.97 Å². The number of rotatable bonds is 9. The summed E-state index contributed by atoms with van der Waals surface area (Å²) < 4.78 is 31.2. The van der Waals surface area contributed by atoms with E-state index >= 15 is 0 Å². The Balaban J connectivity index is 1.59. The molecule has 0 aliphatic carbocycles. The van der Waals surface area contributed by atoms with Crippen LogP contribution in [0.5, 0.6) is 0 Å². The maximum absolute atomic E-state index is 13.4. The zero-order valence-corrected chi connectivity index (χ0v) is 24.4. The van der Waals surface area contributed by atoms with Crippen molar-refractivity contribution in [1.29, 1.82) is 0 Å². The maximum Gasteiger partial charge on any atom is 0.337 e. The summed E-state index contributed by atoms with van der Waals surface area (Å²) in [6, 6.07) is 17.6. The number of nitrogens with one attached hydrogen (secondary N) is 2. The molecule has 0 saturated carbocycles. The first-order valence-electron chi connectivity index (χ1n) is 13.0. The summed E-state index contributed by atoms with van der Waals surface area (Å²) in [6.07, 6.45) is 4.49. The Labute approximate surface area is 243 Å². The predicted octanol–water partition coefficient (Wildman–Crippen LogP) is 3.68. The van der Waals surface area contributed by atoms with Crippen LogP contribution < -0.4 is 14.9 Å². The Morgan fingerprint density at radius 3 is 2.29 bits per heavy atom. The number of hydrogen-bond acceptors (Lipinski definition) is 9. The Morgan fingerprint density at radius 1 is 0.929 bits per heavy atom. The van der Waals surface area contributed by atoms with Crippen LogP contribution in [0.25, 0.3) is 22.0 Å². The highest BCUT2D eigenvalue weighted by atomic mass is 32.2. The maximum atomic E-state index is 13.4. The monoisotopic (exact) mass is 586 g/mol.